The van der Waals surface area contributed by atoms with E-state index in [0.717, 1.165) is 0 Å². The molecule has 0 aliphatic heterocycles. The summed E-state index contributed by atoms with van der Waals surface area (Å²) in [6, 6.07) is 5.91. The van der Waals surface area contributed by atoms with Crippen LogP contribution in [-0.2, 0) is 0 Å². The Bertz CT molecular complexity index is 412. The van der Waals surface area contributed by atoms with Crippen molar-refractivity contribution in [3.63, 3.8) is 0 Å². The van der Waals surface area contributed by atoms with Crippen molar-refractivity contribution < 1.29 is 18.3 Å². The Morgan fingerprint density at radius 3 is 2.35 bits per heavy atom. The van der Waals surface area contributed by atoms with Gasteiger partial charge in [0.05, 0.1) is 0 Å². The van der Waals surface area contributed by atoms with Gasteiger partial charge >= 0.3 is 6.18 Å². The molecule has 0 bridgehead atoms. The van der Waals surface area contributed by atoms with Crippen molar-refractivity contribution in [3.8, 4) is 5.75 Å². The lowest BCUT2D eigenvalue weighted by atomic mass is 10.1. The van der Waals surface area contributed by atoms with Crippen molar-refractivity contribution in [1.29, 1.82) is 0 Å². The molecule has 1 aliphatic carbocycles. The zero-order valence-electron chi connectivity index (χ0n) is 9.38. The second-order valence-corrected chi connectivity index (χ2v) is 4.50. The number of phenols is 1. The van der Waals surface area contributed by atoms with Gasteiger partial charge in [-0.1, -0.05) is 18.2 Å². The second-order valence-electron chi connectivity index (χ2n) is 4.50. The molecule has 0 amide bonds. The van der Waals surface area contributed by atoms with Crippen molar-refractivity contribution >= 4 is 0 Å². The molecule has 0 aromatic heterocycles. The van der Waals surface area contributed by atoms with Crippen LogP contribution in [0.4, 0.5) is 13.2 Å². The van der Waals surface area contributed by atoms with Crippen LogP contribution in [0.5, 0.6) is 5.75 Å². The van der Waals surface area contributed by atoms with Gasteiger partial charge in [-0.05, 0) is 25.8 Å². The largest absolute Gasteiger partial charge is 0.508 e. The van der Waals surface area contributed by atoms with Gasteiger partial charge in [0.1, 0.15) is 11.3 Å². The van der Waals surface area contributed by atoms with Crippen LogP contribution in [0.3, 0.4) is 0 Å². The molecule has 2 nitrogen and oxygen atoms in total. The fraction of sp³-hybridized carbons (Fsp3) is 0.500. The smallest absolute Gasteiger partial charge is 0.406 e. The molecule has 0 heterocycles. The number of phenolic OH excluding ortho intramolecular Hbond substituents is 1. The number of halogens is 3. The average Bonchev–Trinajstić information content (AvgIpc) is 2.98. The molecule has 94 valence electrons. The van der Waals surface area contributed by atoms with E-state index in [1.165, 1.54) is 6.07 Å². The lowest BCUT2D eigenvalue weighted by molar-refractivity contribution is -0.167. The molecule has 0 radical (unpaired) electrons. The molecule has 1 atom stereocenters. The van der Waals surface area contributed by atoms with Crippen LogP contribution in [0.15, 0.2) is 24.3 Å². The van der Waals surface area contributed by atoms with Gasteiger partial charge < -0.3 is 5.11 Å². The van der Waals surface area contributed by atoms with Crippen molar-refractivity contribution in [2.24, 2.45) is 0 Å². The van der Waals surface area contributed by atoms with Gasteiger partial charge in [-0.15, -0.1) is 0 Å². The summed E-state index contributed by atoms with van der Waals surface area (Å²) in [6.45, 7) is 1.63. The molecule has 1 unspecified atom stereocenters. The molecule has 1 aliphatic rings. The number of hydrogen-bond donors (Lipinski definition) is 2. The molecule has 1 aromatic carbocycles. The van der Waals surface area contributed by atoms with Crippen molar-refractivity contribution in [2.75, 3.05) is 0 Å². The van der Waals surface area contributed by atoms with Crippen LogP contribution in [0.2, 0.25) is 0 Å². The quantitative estimate of drug-likeness (QED) is 0.857. The Morgan fingerprint density at radius 2 is 1.88 bits per heavy atom. The number of benzene rings is 1. The molecule has 5 heteroatoms. The predicted molar refractivity (Wildman–Crippen MR) is 57.7 cm³/mol. The number of alkyl halides is 3. The normalized spacial score (nSPS) is 20.0. The summed E-state index contributed by atoms with van der Waals surface area (Å²) in [5.41, 5.74) is -1.27. The van der Waals surface area contributed by atoms with Crippen molar-refractivity contribution in [2.45, 2.75) is 37.5 Å². The van der Waals surface area contributed by atoms with Crippen LogP contribution in [-0.4, -0.2) is 16.8 Å². The van der Waals surface area contributed by atoms with Crippen molar-refractivity contribution in [3.05, 3.63) is 29.8 Å². The zero-order chi connectivity index (χ0) is 12.7. The summed E-state index contributed by atoms with van der Waals surface area (Å²) in [5.74, 6) is 0.0190. The van der Waals surface area contributed by atoms with Gasteiger partial charge in [0.2, 0.25) is 0 Å². The maximum atomic E-state index is 12.7. The number of aromatic hydroxyl groups is 1. The van der Waals surface area contributed by atoms with E-state index in [4.69, 9.17) is 0 Å². The molecule has 1 fully saturated rings. The van der Waals surface area contributed by atoms with Gasteiger partial charge in [0.25, 0.3) is 0 Å². The summed E-state index contributed by atoms with van der Waals surface area (Å²) in [4.78, 5) is 0. The van der Waals surface area contributed by atoms with Crippen LogP contribution < -0.4 is 5.32 Å². The Morgan fingerprint density at radius 1 is 1.29 bits per heavy atom. The van der Waals surface area contributed by atoms with Gasteiger partial charge in [-0.25, -0.2) is 0 Å². The van der Waals surface area contributed by atoms with E-state index in [-0.39, 0.29) is 18.6 Å². The van der Waals surface area contributed by atoms with E-state index < -0.39 is 17.8 Å². The molecule has 1 aromatic rings. The highest BCUT2D eigenvalue weighted by Gasteiger charge is 2.63. The zero-order valence-corrected chi connectivity index (χ0v) is 9.38. The van der Waals surface area contributed by atoms with E-state index >= 15 is 0 Å². The summed E-state index contributed by atoms with van der Waals surface area (Å²) < 4.78 is 38.2. The molecule has 17 heavy (non-hydrogen) atoms. The predicted octanol–water partition coefficient (Wildman–Crippen LogP) is 3.14. The van der Waals surface area contributed by atoms with Crippen molar-refractivity contribution in [1.82, 2.24) is 5.32 Å². The third kappa shape index (κ3) is 2.24. The Hall–Kier alpha value is -1.23. The first kappa shape index (κ1) is 12.2. The van der Waals surface area contributed by atoms with Gasteiger partial charge in [-0.3, -0.25) is 5.32 Å². The monoisotopic (exact) mass is 245 g/mol. The number of para-hydroxylation sites is 1. The lowest BCUT2D eigenvalue weighted by Gasteiger charge is -2.25. The van der Waals surface area contributed by atoms with Crippen LogP contribution >= 0.6 is 0 Å². The molecular weight excluding hydrogens is 231 g/mol. The molecular formula is C12H14F3NO. The van der Waals surface area contributed by atoms with E-state index in [1.54, 1.807) is 25.1 Å². The standard InChI is InChI=1S/C12H14F3NO/c1-8(9-4-2-3-5-10(9)17)16-11(6-7-11)12(13,14)15/h2-5,8,16-17H,6-7H2,1H3. The molecule has 1 saturated carbocycles. The third-order valence-electron chi connectivity index (χ3n) is 3.19. The molecule has 0 spiro atoms. The van der Waals surface area contributed by atoms with E-state index in [0.29, 0.717) is 5.56 Å². The van der Waals surface area contributed by atoms with E-state index in [9.17, 15) is 18.3 Å². The third-order valence-corrected chi connectivity index (χ3v) is 3.19. The maximum absolute atomic E-state index is 12.7. The van der Waals surface area contributed by atoms with Crippen LogP contribution in [0.1, 0.15) is 31.4 Å². The minimum Gasteiger partial charge on any atom is -0.508 e. The first-order valence-electron chi connectivity index (χ1n) is 5.48. The summed E-state index contributed by atoms with van der Waals surface area (Å²) in [5, 5.41) is 12.2. The van der Waals surface area contributed by atoms with E-state index in [1.807, 2.05) is 0 Å². The summed E-state index contributed by atoms with van der Waals surface area (Å²) in [7, 11) is 0. The topological polar surface area (TPSA) is 32.3 Å². The molecule has 2 rings (SSSR count). The highest BCUT2D eigenvalue weighted by molar-refractivity contribution is 5.34. The fourth-order valence-corrected chi connectivity index (χ4v) is 1.98. The lowest BCUT2D eigenvalue weighted by Crippen LogP contribution is -2.45. The second kappa shape index (κ2) is 3.91. The first-order valence-corrected chi connectivity index (χ1v) is 5.48. The van der Waals surface area contributed by atoms with Gasteiger partial charge in [0, 0.05) is 11.6 Å². The SMILES string of the molecule is CC(NC1(C(F)(F)F)CC1)c1ccccc1O. The Kier molecular flexibility index (Phi) is 2.81. The van der Waals surface area contributed by atoms with Crippen LogP contribution in [0.25, 0.3) is 0 Å². The number of hydrogen-bond acceptors (Lipinski definition) is 2. The fourth-order valence-electron chi connectivity index (χ4n) is 1.98. The van der Waals surface area contributed by atoms with E-state index in [2.05, 4.69) is 5.32 Å². The Labute approximate surface area is 97.5 Å². The minimum atomic E-state index is -4.23. The highest BCUT2D eigenvalue weighted by Crippen LogP contribution is 2.50. The number of rotatable bonds is 3. The molecule has 0 saturated heterocycles. The summed E-state index contributed by atoms with van der Waals surface area (Å²) in [6.07, 6.45) is -4.02. The van der Waals surface area contributed by atoms with Gasteiger partial charge in [0.15, 0.2) is 0 Å². The first-order chi connectivity index (χ1) is 7.86. The van der Waals surface area contributed by atoms with Crippen LogP contribution in [0, 0.1) is 0 Å². The summed E-state index contributed by atoms with van der Waals surface area (Å²) >= 11 is 0. The Balaban J connectivity index is 2.13. The molecule has 2 N–H and O–H groups in total. The maximum Gasteiger partial charge on any atom is 0.406 e. The van der Waals surface area contributed by atoms with Gasteiger partial charge in [-0.2, -0.15) is 13.2 Å². The minimum absolute atomic E-state index is 0.0190. The highest BCUT2D eigenvalue weighted by atomic mass is 19.4. The number of nitrogens with one attached hydrogen (secondary N) is 1. The average molecular weight is 245 g/mol.